The summed E-state index contributed by atoms with van der Waals surface area (Å²) in [6.07, 6.45) is 4.79. The van der Waals surface area contributed by atoms with Crippen LogP contribution in [0.15, 0.2) is 0 Å². The van der Waals surface area contributed by atoms with Crippen LogP contribution in [-0.2, 0) is 0 Å². The zero-order chi connectivity index (χ0) is 12.8. The van der Waals surface area contributed by atoms with Gasteiger partial charge in [-0.05, 0) is 58.3 Å². The SMILES string of the molecule is CN1CCC(CNC(=O)NCC2CCCN2)CC1. The maximum Gasteiger partial charge on any atom is 0.314 e. The van der Waals surface area contributed by atoms with Crippen LogP contribution in [0.2, 0.25) is 0 Å². The molecule has 0 bridgehead atoms. The average Bonchev–Trinajstić information content (AvgIpc) is 2.89. The molecular weight excluding hydrogens is 228 g/mol. The van der Waals surface area contributed by atoms with E-state index >= 15 is 0 Å². The largest absolute Gasteiger partial charge is 0.338 e. The third kappa shape index (κ3) is 4.46. The predicted molar refractivity (Wildman–Crippen MR) is 72.6 cm³/mol. The van der Waals surface area contributed by atoms with E-state index in [1.54, 1.807) is 0 Å². The van der Waals surface area contributed by atoms with E-state index in [4.69, 9.17) is 0 Å². The molecule has 1 atom stereocenters. The van der Waals surface area contributed by atoms with Crippen LogP contribution in [0.5, 0.6) is 0 Å². The third-order valence-electron chi connectivity index (χ3n) is 4.06. The van der Waals surface area contributed by atoms with E-state index < -0.39 is 0 Å². The molecule has 0 aromatic rings. The van der Waals surface area contributed by atoms with Crippen molar-refractivity contribution in [3.8, 4) is 0 Å². The third-order valence-corrected chi connectivity index (χ3v) is 4.06. The van der Waals surface area contributed by atoms with Gasteiger partial charge < -0.3 is 20.9 Å². The van der Waals surface area contributed by atoms with Crippen LogP contribution in [0.25, 0.3) is 0 Å². The average molecular weight is 254 g/mol. The summed E-state index contributed by atoms with van der Waals surface area (Å²) in [6.45, 7) is 4.96. The van der Waals surface area contributed by atoms with Crippen molar-refractivity contribution in [1.29, 1.82) is 0 Å². The van der Waals surface area contributed by atoms with Crippen LogP contribution in [0.4, 0.5) is 4.79 Å². The van der Waals surface area contributed by atoms with E-state index in [9.17, 15) is 4.79 Å². The summed E-state index contributed by atoms with van der Waals surface area (Å²) in [6, 6.07) is 0.460. The molecule has 0 radical (unpaired) electrons. The lowest BCUT2D eigenvalue weighted by molar-refractivity contribution is 0.209. The standard InChI is InChI=1S/C13H26N4O/c1-17-7-4-11(5-8-17)9-15-13(18)16-10-12-3-2-6-14-12/h11-12,14H,2-10H2,1H3,(H2,15,16,18). The highest BCUT2D eigenvalue weighted by atomic mass is 16.2. The number of amides is 2. The van der Waals surface area contributed by atoms with Crippen molar-refractivity contribution in [1.82, 2.24) is 20.9 Å². The van der Waals surface area contributed by atoms with E-state index in [-0.39, 0.29) is 6.03 Å². The van der Waals surface area contributed by atoms with Gasteiger partial charge in [0.15, 0.2) is 0 Å². The van der Waals surface area contributed by atoms with Gasteiger partial charge in [0, 0.05) is 19.1 Å². The first-order chi connectivity index (χ1) is 8.74. The number of rotatable bonds is 4. The molecule has 2 saturated heterocycles. The fraction of sp³-hybridized carbons (Fsp3) is 0.923. The van der Waals surface area contributed by atoms with E-state index in [0.717, 1.165) is 32.7 Å². The molecule has 2 heterocycles. The van der Waals surface area contributed by atoms with Gasteiger partial charge in [-0.3, -0.25) is 0 Å². The number of carbonyl (C=O) groups excluding carboxylic acids is 1. The van der Waals surface area contributed by atoms with Gasteiger partial charge in [-0.25, -0.2) is 4.79 Å². The Bertz CT molecular complexity index is 258. The Hall–Kier alpha value is -0.810. The van der Waals surface area contributed by atoms with Crippen molar-refractivity contribution in [3.05, 3.63) is 0 Å². The molecule has 2 aliphatic heterocycles. The number of likely N-dealkylation sites (tertiary alicyclic amines) is 1. The molecule has 0 aromatic carbocycles. The Balaban J connectivity index is 1.54. The quantitative estimate of drug-likeness (QED) is 0.680. The number of urea groups is 1. The minimum absolute atomic E-state index is 0.0115. The Labute approximate surface area is 110 Å². The molecule has 104 valence electrons. The first kappa shape index (κ1) is 13.6. The molecule has 0 saturated carbocycles. The summed E-state index contributed by atoms with van der Waals surface area (Å²) >= 11 is 0. The molecule has 5 heteroatoms. The molecule has 0 aliphatic carbocycles. The predicted octanol–water partition coefficient (Wildman–Crippen LogP) is 0.379. The lowest BCUT2D eigenvalue weighted by atomic mass is 9.97. The van der Waals surface area contributed by atoms with E-state index in [1.807, 2.05) is 0 Å². The fourth-order valence-corrected chi connectivity index (χ4v) is 2.71. The first-order valence-corrected chi connectivity index (χ1v) is 7.17. The van der Waals surface area contributed by atoms with Crippen molar-refractivity contribution < 1.29 is 4.79 Å². The molecule has 0 spiro atoms. The van der Waals surface area contributed by atoms with Crippen LogP contribution < -0.4 is 16.0 Å². The minimum atomic E-state index is -0.0115. The minimum Gasteiger partial charge on any atom is -0.338 e. The van der Waals surface area contributed by atoms with Crippen molar-refractivity contribution in [2.24, 2.45) is 5.92 Å². The smallest absolute Gasteiger partial charge is 0.314 e. The highest BCUT2D eigenvalue weighted by Crippen LogP contribution is 2.14. The summed E-state index contributed by atoms with van der Waals surface area (Å²) in [4.78, 5) is 14.0. The van der Waals surface area contributed by atoms with Crippen LogP contribution in [0.3, 0.4) is 0 Å². The number of carbonyl (C=O) groups is 1. The van der Waals surface area contributed by atoms with Gasteiger partial charge in [-0.15, -0.1) is 0 Å². The van der Waals surface area contributed by atoms with Crippen LogP contribution >= 0.6 is 0 Å². The molecular formula is C13H26N4O. The highest BCUT2D eigenvalue weighted by Gasteiger charge is 2.18. The first-order valence-electron chi connectivity index (χ1n) is 7.17. The van der Waals surface area contributed by atoms with Crippen molar-refractivity contribution in [3.63, 3.8) is 0 Å². The van der Waals surface area contributed by atoms with Crippen molar-refractivity contribution >= 4 is 6.03 Å². The molecule has 2 fully saturated rings. The monoisotopic (exact) mass is 254 g/mol. The van der Waals surface area contributed by atoms with Gasteiger partial charge in [0.2, 0.25) is 0 Å². The Morgan fingerprint density at radius 3 is 2.61 bits per heavy atom. The Morgan fingerprint density at radius 2 is 1.94 bits per heavy atom. The second-order valence-corrected chi connectivity index (χ2v) is 5.63. The maximum absolute atomic E-state index is 11.6. The van der Waals surface area contributed by atoms with Crippen LogP contribution in [-0.4, -0.2) is 56.7 Å². The Morgan fingerprint density at radius 1 is 1.22 bits per heavy atom. The van der Waals surface area contributed by atoms with E-state index in [2.05, 4.69) is 27.9 Å². The summed E-state index contributed by atoms with van der Waals surface area (Å²) in [5.74, 6) is 0.650. The second-order valence-electron chi connectivity index (χ2n) is 5.63. The summed E-state index contributed by atoms with van der Waals surface area (Å²) < 4.78 is 0. The number of hydrogen-bond acceptors (Lipinski definition) is 3. The summed E-state index contributed by atoms with van der Waals surface area (Å²) in [5, 5.41) is 9.32. The van der Waals surface area contributed by atoms with E-state index in [1.165, 1.54) is 25.7 Å². The number of nitrogens with one attached hydrogen (secondary N) is 3. The lowest BCUT2D eigenvalue weighted by Crippen LogP contribution is -2.44. The normalized spacial score (nSPS) is 26.2. The maximum atomic E-state index is 11.6. The second kappa shape index (κ2) is 6.95. The summed E-state index contributed by atoms with van der Waals surface area (Å²) in [5.41, 5.74) is 0. The van der Waals surface area contributed by atoms with Gasteiger partial charge in [-0.2, -0.15) is 0 Å². The van der Waals surface area contributed by atoms with Crippen molar-refractivity contribution in [2.75, 3.05) is 39.8 Å². The number of piperidine rings is 1. The number of hydrogen-bond donors (Lipinski definition) is 3. The van der Waals surface area contributed by atoms with E-state index in [0.29, 0.717) is 12.0 Å². The molecule has 1 unspecified atom stereocenters. The zero-order valence-electron chi connectivity index (χ0n) is 11.4. The molecule has 0 aromatic heterocycles. The molecule has 2 rings (SSSR count). The number of nitrogens with zero attached hydrogens (tertiary/aromatic N) is 1. The zero-order valence-corrected chi connectivity index (χ0v) is 11.4. The van der Waals surface area contributed by atoms with Crippen LogP contribution in [0, 0.1) is 5.92 Å². The van der Waals surface area contributed by atoms with Gasteiger partial charge in [0.25, 0.3) is 0 Å². The topological polar surface area (TPSA) is 56.4 Å². The lowest BCUT2D eigenvalue weighted by Gasteiger charge is -2.29. The van der Waals surface area contributed by atoms with Gasteiger partial charge in [-0.1, -0.05) is 0 Å². The summed E-state index contributed by atoms with van der Waals surface area (Å²) in [7, 11) is 2.16. The molecule has 2 amide bonds. The fourth-order valence-electron chi connectivity index (χ4n) is 2.71. The molecule has 2 aliphatic rings. The molecule has 18 heavy (non-hydrogen) atoms. The van der Waals surface area contributed by atoms with Gasteiger partial charge in [0.1, 0.15) is 0 Å². The Kier molecular flexibility index (Phi) is 5.26. The highest BCUT2D eigenvalue weighted by molar-refractivity contribution is 5.73. The van der Waals surface area contributed by atoms with Gasteiger partial charge >= 0.3 is 6.03 Å². The molecule has 3 N–H and O–H groups in total. The molecule has 5 nitrogen and oxygen atoms in total. The van der Waals surface area contributed by atoms with Crippen LogP contribution in [0.1, 0.15) is 25.7 Å². The van der Waals surface area contributed by atoms with Crippen molar-refractivity contribution in [2.45, 2.75) is 31.7 Å². The van der Waals surface area contributed by atoms with Gasteiger partial charge in [0.05, 0.1) is 0 Å².